The Morgan fingerprint density at radius 1 is 1.12 bits per heavy atom. The van der Waals surface area contributed by atoms with Crippen LogP contribution in [0.1, 0.15) is 26.3 Å². The van der Waals surface area contributed by atoms with Gasteiger partial charge in [0, 0.05) is 16.0 Å². The van der Waals surface area contributed by atoms with Crippen LogP contribution in [0.15, 0.2) is 34.8 Å². The van der Waals surface area contributed by atoms with Crippen LogP contribution in [0.5, 0.6) is 11.5 Å². The van der Waals surface area contributed by atoms with Gasteiger partial charge < -0.3 is 14.8 Å². The van der Waals surface area contributed by atoms with Crippen molar-refractivity contribution in [2.75, 3.05) is 11.9 Å². The minimum Gasteiger partial charge on any atom is -0.490 e. The molecule has 24 heavy (non-hydrogen) atoms. The number of ether oxygens (including phenoxy) is 2. The van der Waals surface area contributed by atoms with Crippen molar-refractivity contribution in [3.8, 4) is 11.5 Å². The van der Waals surface area contributed by atoms with Crippen molar-refractivity contribution in [2.45, 2.75) is 33.4 Å². The second-order valence-electron chi connectivity index (χ2n) is 5.47. The van der Waals surface area contributed by atoms with E-state index in [0.29, 0.717) is 23.2 Å². The van der Waals surface area contributed by atoms with Crippen molar-refractivity contribution in [1.82, 2.24) is 0 Å². The Balaban J connectivity index is 2.21. The minimum atomic E-state index is 0.0768. The first-order chi connectivity index (χ1) is 11.4. The molecular formula is C18H20BrCl2NO2. The van der Waals surface area contributed by atoms with Gasteiger partial charge in [-0.05, 0) is 56.7 Å². The number of nitrogens with one attached hydrogen (secondary N) is 1. The highest BCUT2D eigenvalue weighted by Crippen LogP contribution is 2.35. The molecule has 0 saturated carbocycles. The SMILES string of the molecule is CCOc1cc(CNc2ccc(Cl)cc2Cl)c(Br)cc1OC(C)C. The van der Waals surface area contributed by atoms with E-state index in [1.54, 1.807) is 12.1 Å². The zero-order valence-electron chi connectivity index (χ0n) is 13.8. The molecule has 0 aromatic heterocycles. The van der Waals surface area contributed by atoms with Crippen molar-refractivity contribution in [3.63, 3.8) is 0 Å². The molecule has 1 N–H and O–H groups in total. The average Bonchev–Trinajstić information content (AvgIpc) is 2.49. The Kier molecular flexibility index (Phi) is 7.08. The molecule has 0 fully saturated rings. The van der Waals surface area contributed by atoms with Gasteiger partial charge >= 0.3 is 0 Å². The fourth-order valence-electron chi connectivity index (χ4n) is 2.15. The molecule has 0 unspecified atom stereocenters. The summed E-state index contributed by atoms with van der Waals surface area (Å²) >= 11 is 15.7. The van der Waals surface area contributed by atoms with E-state index in [0.717, 1.165) is 27.2 Å². The Morgan fingerprint density at radius 3 is 2.50 bits per heavy atom. The monoisotopic (exact) mass is 431 g/mol. The van der Waals surface area contributed by atoms with Gasteiger partial charge in [-0.1, -0.05) is 39.1 Å². The molecule has 0 atom stereocenters. The van der Waals surface area contributed by atoms with E-state index < -0.39 is 0 Å². The number of rotatable bonds is 7. The van der Waals surface area contributed by atoms with Gasteiger partial charge in [0.1, 0.15) is 0 Å². The number of halogens is 3. The smallest absolute Gasteiger partial charge is 0.162 e. The van der Waals surface area contributed by atoms with Gasteiger partial charge in [-0.25, -0.2) is 0 Å². The Hall–Kier alpha value is -1.10. The molecule has 0 spiro atoms. The first kappa shape index (κ1) is 19.2. The molecule has 6 heteroatoms. The molecule has 0 bridgehead atoms. The third-order valence-corrected chi connectivity index (χ3v) is 4.46. The van der Waals surface area contributed by atoms with Crippen LogP contribution in [-0.4, -0.2) is 12.7 Å². The molecule has 0 aliphatic rings. The van der Waals surface area contributed by atoms with Crippen LogP contribution in [0, 0.1) is 0 Å². The lowest BCUT2D eigenvalue weighted by Gasteiger charge is -2.17. The van der Waals surface area contributed by atoms with Gasteiger partial charge in [-0.15, -0.1) is 0 Å². The lowest BCUT2D eigenvalue weighted by atomic mass is 10.2. The van der Waals surface area contributed by atoms with Crippen molar-refractivity contribution in [3.05, 3.63) is 50.4 Å². The van der Waals surface area contributed by atoms with E-state index in [9.17, 15) is 0 Å². The van der Waals surface area contributed by atoms with Crippen LogP contribution in [0.3, 0.4) is 0 Å². The highest BCUT2D eigenvalue weighted by atomic mass is 79.9. The average molecular weight is 433 g/mol. The fourth-order valence-corrected chi connectivity index (χ4v) is 3.09. The number of anilines is 1. The molecule has 2 rings (SSSR count). The van der Waals surface area contributed by atoms with E-state index in [1.807, 2.05) is 39.0 Å². The highest BCUT2D eigenvalue weighted by molar-refractivity contribution is 9.10. The standard InChI is InChI=1S/C18H20BrCl2NO2/c1-4-23-17-7-12(14(19)9-18(17)24-11(2)3)10-22-16-6-5-13(20)8-15(16)21/h5-9,11,22H,4,10H2,1-3H3. The topological polar surface area (TPSA) is 30.5 Å². The van der Waals surface area contributed by atoms with Crippen LogP contribution in [-0.2, 0) is 6.54 Å². The minimum absolute atomic E-state index is 0.0768. The summed E-state index contributed by atoms with van der Waals surface area (Å²) in [5, 5.41) is 4.51. The summed E-state index contributed by atoms with van der Waals surface area (Å²) in [7, 11) is 0. The summed E-state index contributed by atoms with van der Waals surface area (Å²) in [6, 6.07) is 9.29. The van der Waals surface area contributed by atoms with E-state index >= 15 is 0 Å². The van der Waals surface area contributed by atoms with Gasteiger partial charge in [0.05, 0.1) is 23.4 Å². The summed E-state index contributed by atoms with van der Waals surface area (Å²) < 4.78 is 12.5. The largest absolute Gasteiger partial charge is 0.490 e. The molecule has 3 nitrogen and oxygen atoms in total. The third kappa shape index (κ3) is 5.20. The normalized spacial score (nSPS) is 10.8. The van der Waals surface area contributed by atoms with Crippen molar-refractivity contribution >= 4 is 44.8 Å². The zero-order chi connectivity index (χ0) is 17.7. The van der Waals surface area contributed by atoms with Crippen molar-refractivity contribution in [1.29, 1.82) is 0 Å². The van der Waals surface area contributed by atoms with Gasteiger partial charge in [0.15, 0.2) is 11.5 Å². The summed E-state index contributed by atoms with van der Waals surface area (Å²) in [4.78, 5) is 0. The Labute approximate surface area is 161 Å². The molecule has 0 radical (unpaired) electrons. The van der Waals surface area contributed by atoms with Crippen molar-refractivity contribution < 1.29 is 9.47 Å². The van der Waals surface area contributed by atoms with Crippen LogP contribution < -0.4 is 14.8 Å². The zero-order valence-corrected chi connectivity index (χ0v) is 16.9. The highest BCUT2D eigenvalue weighted by Gasteiger charge is 2.12. The molecule has 2 aromatic rings. The summed E-state index contributed by atoms with van der Waals surface area (Å²) in [5.74, 6) is 1.46. The van der Waals surface area contributed by atoms with Gasteiger partial charge in [-0.3, -0.25) is 0 Å². The predicted molar refractivity (Wildman–Crippen MR) is 105 cm³/mol. The lowest BCUT2D eigenvalue weighted by molar-refractivity contribution is 0.223. The van der Waals surface area contributed by atoms with E-state index in [-0.39, 0.29) is 6.10 Å². The van der Waals surface area contributed by atoms with E-state index in [4.69, 9.17) is 32.7 Å². The van der Waals surface area contributed by atoms with Crippen molar-refractivity contribution in [2.24, 2.45) is 0 Å². The maximum Gasteiger partial charge on any atom is 0.162 e. The summed E-state index contributed by atoms with van der Waals surface area (Å²) in [6.45, 7) is 7.09. The molecule has 0 saturated heterocycles. The first-order valence-electron chi connectivity index (χ1n) is 7.71. The van der Waals surface area contributed by atoms with Gasteiger partial charge in [0.2, 0.25) is 0 Å². The maximum absolute atomic E-state index is 6.20. The maximum atomic E-state index is 6.20. The lowest BCUT2D eigenvalue weighted by Crippen LogP contribution is -2.09. The van der Waals surface area contributed by atoms with Crippen LogP contribution >= 0.6 is 39.1 Å². The second-order valence-corrected chi connectivity index (χ2v) is 7.17. The first-order valence-corrected chi connectivity index (χ1v) is 9.26. The van der Waals surface area contributed by atoms with Crippen LogP contribution in [0.4, 0.5) is 5.69 Å². The molecular weight excluding hydrogens is 413 g/mol. The Morgan fingerprint density at radius 2 is 1.88 bits per heavy atom. The third-order valence-electron chi connectivity index (χ3n) is 3.18. The van der Waals surface area contributed by atoms with E-state index in [2.05, 4.69) is 21.2 Å². The molecule has 130 valence electrons. The quantitative estimate of drug-likeness (QED) is 0.537. The predicted octanol–water partition coefficient (Wildman–Crippen LogP) is 6.55. The summed E-state index contributed by atoms with van der Waals surface area (Å²) in [6.07, 6.45) is 0.0768. The summed E-state index contributed by atoms with van der Waals surface area (Å²) in [5.41, 5.74) is 1.87. The molecule has 0 heterocycles. The molecule has 0 amide bonds. The van der Waals surface area contributed by atoms with Crippen LogP contribution in [0.25, 0.3) is 0 Å². The Bertz CT molecular complexity index is 708. The number of hydrogen-bond acceptors (Lipinski definition) is 3. The fraction of sp³-hybridized carbons (Fsp3) is 0.333. The van der Waals surface area contributed by atoms with Gasteiger partial charge in [0.25, 0.3) is 0 Å². The van der Waals surface area contributed by atoms with Crippen LogP contribution in [0.2, 0.25) is 10.0 Å². The number of benzene rings is 2. The molecule has 0 aliphatic heterocycles. The molecule has 0 aliphatic carbocycles. The second kappa shape index (κ2) is 8.84. The molecule has 2 aromatic carbocycles. The van der Waals surface area contributed by atoms with E-state index in [1.165, 1.54) is 0 Å². The number of hydrogen-bond donors (Lipinski definition) is 1. The van der Waals surface area contributed by atoms with Gasteiger partial charge in [-0.2, -0.15) is 0 Å².